The molecule has 23 heavy (non-hydrogen) atoms. The molecule has 2 fully saturated rings. The van der Waals surface area contributed by atoms with Gasteiger partial charge >= 0.3 is 0 Å². The molecule has 0 radical (unpaired) electrons. The highest BCUT2D eigenvalue weighted by atomic mass is 32.1. The third-order valence-electron chi connectivity index (χ3n) is 5.77. The summed E-state index contributed by atoms with van der Waals surface area (Å²) < 4.78 is 5.49. The van der Waals surface area contributed by atoms with Crippen LogP contribution in [0.25, 0.3) is 0 Å². The molecule has 3 nitrogen and oxygen atoms in total. The third-order valence-corrected chi connectivity index (χ3v) is 6.76. The van der Waals surface area contributed by atoms with Crippen LogP contribution in [0.4, 0.5) is 0 Å². The molecule has 3 rings (SSSR count). The van der Waals surface area contributed by atoms with Crippen molar-refractivity contribution in [2.24, 2.45) is 5.41 Å². The summed E-state index contributed by atoms with van der Waals surface area (Å²) in [4.78, 5) is 8.28. The van der Waals surface area contributed by atoms with Gasteiger partial charge in [-0.3, -0.25) is 9.80 Å². The second-order valence-electron chi connectivity index (χ2n) is 7.87. The minimum absolute atomic E-state index is 0.537. The first-order valence-electron chi connectivity index (χ1n) is 9.04. The molecule has 2 aliphatic heterocycles. The number of ether oxygens (including phenoxy) is 1. The van der Waals surface area contributed by atoms with Gasteiger partial charge in [0.15, 0.2) is 0 Å². The van der Waals surface area contributed by atoms with E-state index in [9.17, 15) is 0 Å². The van der Waals surface area contributed by atoms with Gasteiger partial charge in [-0.15, -0.1) is 11.3 Å². The van der Waals surface area contributed by atoms with E-state index in [4.69, 9.17) is 4.74 Å². The number of thiophene rings is 1. The molecule has 1 aromatic rings. The van der Waals surface area contributed by atoms with Crippen LogP contribution in [0.15, 0.2) is 12.1 Å². The number of hydrogen-bond donors (Lipinski definition) is 0. The SMILES string of the molecule is COC[C@@H]1CC2(CCN(Cc3ccc(C)s3)CC2)CN1C(C)C. The van der Waals surface area contributed by atoms with Crippen molar-refractivity contribution in [1.29, 1.82) is 0 Å². The average Bonchev–Trinajstić information content (AvgIpc) is 3.07. The fraction of sp³-hybridized carbons (Fsp3) is 0.789. The van der Waals surface area contributed by atoms with E-state index in [1.807, 2.05) is 18.4 Å². The maximum Gasteiger partial charge on any atom is 0.0618 e. The molecular formula is C19H32N2OS. The van der Waals surface area contributed by atoms with Gasteiger partial charge in [0.25, 0.3) is 0 Å². The molecule has 1 atom stereocenters. The van der Waals surface area contributed by atoms with E-state index in [0.29, 0.717) is 17.5 Å². The van der Waals surface area contributed by atoms with Gasteiger partial charge in [-0.05, 0) is 70.7 Å². The number of piperidine rings is 1. The van der Waals surface area contributed by atoms with Crippen LogP contribution in [0, 0.1) is 12.3 Å². The molecule has 0 N–H and O–H groups in total. The molecular weight excluding hydrogens is 304 g/mol. The lowest BCUT2D eigenvalue weighted by Gasteiger charge is -2.39. The molecule has 0 aliphatic carbocycles. The first kappa shape index (κ1) is 17.4. The van der Waals surface area contributed by atoms with Crippen LogP contribution in [0.2, 0.25) is 0 Å². The third kappa shape index (κ3) is 3.98. The fourth-order valence-corrected chi connectivity index (χ4v) is 5.42. The minimum atomic E-state index is 0.537. The normalized spacial score (nSPS) is 25.7. The maximum atomic E-state index is 5.49. The Hall–Kier alpha value is -0.420. The largest absolute Gasteiger partial charge is 0.383 e. The summed E-state index contributed by atoms with van der Waals surface area (Å²) in [6.45, 7) is 12.7. The summed E-state index contributed by atoms with van der Waals surface area (Å²) in [6, 6.07) is 5.79. The molecule has 2 saturated heterocycles. The predicted molar refractivity (Wildman–Crippen MR) is 98.1 cm³/mol. The van der Waals surface area contributed by atoms with Crippen molar-refractivity contribution in [1.82, 2.24) is 9.80 Å². The Labute approximate surface area is 145 Å². The van der Waals surface area contributed by atoms with E-state index >= 15 is 0 Å². The molecule has 0 unspecified atom stereocenters. The molecule has 0 amide bonds. The zero-order valence-corrected chi connectivity index (χ0v) is 16.0. The molecule has 2 aliphatic rings. The van der Waals surface area contributed by atoms with Crippen molar-refractivity contribution < 1.29 is 4.74 Å². The van der Waals surface area contributed by atoms with Gasteiger partial charge in [-0.2, -0.15) is 0 Å². The van der Waals surface area contributed by atoms with Crippen LogP contribution in [0.1, 0.15) is 42.9 Å². The van der Waals surface area contributed by atoms with Gasteiger partial charge < -0.3 is 4.74 Å². The second-order valence-corrected chi connectivity index (χ2v) is 9.24. The summed E-state index contributed by atoms with van der Waals surface area (Å²) in [5, 5.41) is 0. The number of hydrogen-bond acceptors (Lipinski definition) is 4. The zero-order valence-electron chi connectivity index (χ0n) is 15.2. The monoisotopic (exact) mass is 336 g/mol. The van der Waals surface area contributed by atoms with Crippen molar-refractivity contribution in [2.45, 2.75) is 58.7 Å². The van der Waals surface area contributed by atoms with Gasteiger partial charge in [0, 0.05) is 42.0 Å². The lowest BCUT2D eigenvalue weighted by atomic mass is 9.76. The Morgan fingerprint density at radius 3 is 2.61 bits per heavy atom. The molecule has 3 heterocycles. The summed E-state index contributed by atoms with van der Waals surface area (Å²) in [5.74, 6) is 0. The van der Waals surface area contributed by atoms with Crippen molar-refractivity contribution in [3.63, 3.8) is 0 Å². The number of aryl methyl sites for hydroxylation is 1. The van der Waals surface area contributed by atoms with Crippen molar-refractivity contribution in [3.05, 3.63) is 21.9 Å². The Balaban J connectivity index is 1.57. The van der Waals surface area contributed by atoms with Crippen LogP contribution in [0.3, 0.4) is 0 Å². The molecule has 1 aromatic heterocycles. The summed E-state index contributed by atoms with van der Waals surface area (Å²) in [6.07, 6.45) is 4.02. The first-order valence-corrected chi connectivity index (χ1v) is 9.85. The highest BCUT2D eigenvalue weighted by molar-refractivity contribution is 7.11. The van der Waals surface area contributed by atoms with Crippen molar-refractivity contribution >= 4 is 11.3 Å². The standard InChI is InChI=1S/C19H32N2OS/c1-15(2)21-14-19(11-17(21)13-22-4)7-9-20(10-8-19)12-18-6-5-16(3)23-18/h5-6,15,17H,7-14H2,1-4H3/t17-/m0/s1. The summed E-state index contributed by atoms with van der Waals surface area (Å²) in [5.41, 5.74) is 0.537. The van der Waals surface area contributed by atoms with E-state index in [1.54, 1.807) is 0 Å². The highest BCUT2D eigenvalue weighted by Crippen LogP contribution is 2.44. The lowest BCUT2D eigenvalue weighted by Crippen LogP contribution is -2.42. The molecule has 0 saturated carbocycles. The van der Waals surface area contributed by atoms with Gasteiger partial charge in [0.2, 0.25) is 0 Å². The quantitative estimate of drug-likeness (QED) is 0.814. The number of nitrogens with zero attached hydrogens (tertiary/aromatic N) is 2. The molecule has 130 valence electrons. The summed E-state index contributed by atoms with van der Waals surface area (Å²) in [7, 11) is 1.84. The Morgan fingerprint density at radius 1 is 1.30 bits per heavy atom. The molecule has 1 spiro atoms. The van der Waals surface area contributed by atoms with Gasteiger partial charge in [-0.25, -0.2) is 0 Å². The van der Waals surface area contributed by atoms with E-state index in [2.05, 4.69) is 42.7 Å². The van der Waals surface area contributed by atoms with E-state index in [-0.39, 0.29) is 0 Å². The minimum Gasteiger partial charge on any atom is -0.383 e. The number of methoxy groups -OCH3 is 1. The first-order chi connectivity index (χ1) is 11.0. The Morgan fingerprint density at radius 2 is 2.04 bits per heavy atom. The van der Waals surface area contributed by atoms with E-state index < -0.39 is 0 Å². The summed E-state index contributed by atoms with van der Waals surface area (Å²) >= 11 is 1.95. The van der Waals surface area contributed by atoms with Crippen LogP contribution in [0.5, 0.6) is 0 Å². The maximum absolute atomic E-state index is 5.49. The zero-order chi connectivity index (χ0) is 16.4. The van der Waals surface area contributed by atoms with Gasteiger partial charge in [0.05, 0.1) is 6.61 Å². The number of likely N-dealkylation sites (tertiary alicyclic amines) is 2. The van der Waals surface area contributed by atoms with E-state index in [1.165, 1.54) is 48.7 Å². The van der Waals surface area contributed by atoms with Gasteiger partial charge in [0.1, 0.15) is 0 Å². The smallest absolute Gasteiger partial charge is 0.0618 e. The van der Waals surface area contributed by atoms with Crippen LogP contribution in [-0.2, 0) is 11.3 Å². The Bertz CT molecular complexity index is 505. The van der Waals surface area contributed by atoms with Crippen LogP contribution >= 0.6 is 11.3 Å². The highest BCUT2D eigenvalue weighted by Gasteiger charge is 2.45. The lowest BCUT2D eigenvalue weighted by molar-refractivity contribution is 0.0918. The Kier molecular flexibility index (Phi) is 5.46. The van der Waals surface area contributed by atoms with Crippen molar-refractivity contribution in [3.8, 4) is 0 Å². The second kappa shape index (κ2) is 7.22. The topological polar surface area (TPSA) is 15.7 Å². The van der Waals surface area contributed by atoms with Gasteiger partial charge in [-0.1, -0.05) is 0 Å². The van der Waals surface area contributed by atoms with Crippen LogP contribution < -0.4 is 0 Å². The molecule has 0 bridgehead atoms. The predicted octanol–water partition coefficient (Wildman–Crippen LogP) is 3.77. The van der Waals surface area contributed by atoms with Crippen LogP contribution in [-0.4, -0.2) is 55.2 Å². The average molecular weight is 337 g/mol. The molecule has 0 aromatic carbocycles. The molecule has 4 heteroatoms. The fourth-order valence-electron chi connectivity index (χ4n) is 4.49. The van der Waals surface area contributed by atoms with Crippen molar-refractivity contribution in [2.75, 3.05) is 33.4 Å². The number of rotatable bonds is 5. The van der Waals surface area contributed by atoms with E-state index in [0.717, 1.165) is 13.2 Å².